The lowest BCUT2D eigenvalue weighted by atomic mass is 9.88. The third-order valence-corrected chi connectivity index (χ3v) is 4.82. The Bertz CT molecular complexity index is 886. The molecule has 0 aliphatic heterocycles. The van der Waals surface area contributed by atoms with E-state index >= 15 is 0 Å². The van der Waals surface area contributed by atoms with Crippen molar-refractivity contribution in [2.75, 3.05) is 19.4 Å². The van der Waals surface area contributed by atoms with E-state index in [9.17, 15) is 14.0 Å². The van der Waals surface area contributed by atoms with Gasteiger partial charge in [0.05, 0.1) is 11.6 Å². The zero-order valence-electron chi connectivity index (χ0n) is 15.2. The quantitative estimate of drug-likeness (QED) is 0.818. The van der Waals surface area contributed by atoms with Crippen molar-refractivity contribution in [2.45, 2.75) is 25.3 Å². The van der Waals surface area contributed by atoms with E-state index in [1.807, 2.05) is 18.2 Å². The highest BCUT2D eigenvalue weighted by Crippen LogP contribution is 2.31. The van der Waals surface area contributed by atoms with Crippen molar-refractivity contribution in [3.05, 3.63) is 63.9 Å². The number of urea groups is 1. The molecule has 0 saturated carbocycles. The second-order valence-corrected chi connectivity index (χ2v) is 7.22. The van der Waals surface area contributed by atoms with E-state index in [1.54, 1.807) is 14.1 Å². The fourth-order valence-corrected chi connectivity index (χ4v) is 3.43. The summed E-state index contributed by atoms with van der Waals surface area (Å²) in [5, 5.41) is 6.25. The molecule has 3 rings (SSSR count). The van der Waals surface area contributed by atoms with Gasteiger partial charge in [-0.15, -0.1) is 0 Å². The number of nitrogens with one attached hydrogen (secondary N) is 2. The molecule has 2 aromatic carbocycles. The van der Waals surface area contributed by atoms with Gasteiger partial charge in [0.2, 0.25) is 0 Å². The standard InChI is InChI=1S/C20H21ClFN3O2/c1-25(2)19(26)16-11-14(8-9-17(16)22)23-20(27)24-18-5-3-4-12-6-7-13(21)10-15(12)18/h6-11,18H,3-5H2,1-2H3,(H2,23,24,27)/t18-/m1/s1. The Morgan fingerprint density at radius 3 is 2.70 bits per heavy atom. The molecule has 0 saturated heterocycles. The molecule has 1 aliphatic carbocycles. The minimum absolute atomic E-state index is 0.0902. The van der Waals surface area contributed by atoms with Crippen LogP contribution in [0.3, 0.4) is 0 Å². The third kappa shape index (κ3) is 4.39. The summed E-state index contributed by atoms with van der Waals surface area (Å²) in [6.07, 6.45) is 2.74. The Kier molecular flexibility index (Phi) is 5.65. The predicted octanol–water partition coefficient (Wildman–Crippen LogP) is 4.38. The van der Waals surface area contributed by atoms with Crippen molar-refractivity contribution in [1.82, 2.24) is 10.2 Å². The molecule has 0 radical (unpaired) electrons. The lowest BCUT2D eigenvalue weighted by Gasteiger charge is -2.26. The van der Waals surface area contributed by atoms with Crippen LogP contribution in [-0.4, -0.2) is 30.9 Å². The molecular weight excluding hydrogens is 369 g/mol. The van der Waals surface area contributed by atoms with E-state index in [0.29, 0.717) is 10.7 Å². The summed E-state index contributed by atoms with van der Waals surface area (Å²) in [4.78, 5) is 25.7. The molecule has 0 spiro atoms. The fraction of sp³-hybridized carbons (Fsp3) is 0.300. The van der Waals surface area contributed by atoms with E-state index < -0.39 is 17.8 Å². The van der Waals surface area contributed by atoms with Gasteiger partial charge in [-0.25, -0.2) is 9.18 Å². The summed E-state index contributed by atoms with van der Waals surface area (Å²) < 4.78 is 13.9. The maximum absolute atomic E-state index is 13.9. The van der Waals surface area contributed by atoms with Crippen molar-refractivity contribution < 1.29 is 14.0 Å². The van der Waals surface area contributed by atoms with Gasteiger partial charge in [-0.1, -0.05) is 17.7 Å². The number of carbonyl (C=O) groups is 2. The molecule has 27 heavy (non-hydrogen) atoms. The van der Waals surface area contributed by atoms with Gasteiger partial charge in [-0.3, -0.25) is 4.79 Å². The minimum atomic E-state index is -0.629. The summed E-state index contributed by atoms with van der Waals surface area (Å²) in [6.45, 7) is 0. The second kappa shape index (κ2) is 7.96. The van der Waals surface area contributed by atoms with Crippen LogP contribution >= 0.6 is 11.6 Å². The number of benzene rings is 2. The largest absolute Gasteiger partial charge is 0.345 e. The van der Waals surface area contributed by atoms with Crippen LogP contribution in [0.25, 0.3) is 0 Å². The van der Waals surface area contributed by atoms with Gasteiger partial charge in [-0.2, -0.15) is 0 Å². The van der Waals surface area contributed by atoms with Gasteiger partial charge in [0, 0.05) is 24.8 Å². The monoisotopic (exact) mass is 389 g/mol. The van der Waals surface area contributed by atoms with Gasteiger partial charge in [0.25, 0.3) is 5.91 Å². The lowest BCUT2D eigenvalue weighted by molar-refractivity contribution is 0.0823. The van der Waals surface area contributed by atoms with Gasteiger partial charge in [0.1, 0.15) is 5.82 Å². The smallest absolute Gasteiger partial charge is 0.319 e. The maximum Gasteiger partial charge on any atom is 0.319 e. The summed E-state index contributed by atoms with van der Waals surface area (Å²) in [6, 6.07) is 9.09. The molecule has 2 aromatic rings. The highest BCUT2D eigenvalue weighted by atomic mass is 35.5. The number of nitrogens with zero attached hydrogens (tertiary/aromatic N) is 1. The Hall–Kier alpha value is -2.60. The van der Waals surface area contributed by atoms with Crippen molar-refractivity contribution in [3.63, 3.8) is 0 Å². The van der Waals surface area contributed by atoms with Crippen molar-refractivity contribution in [3.8, 4) is 0 Å². The average Bonchev–Trinajstić information content (AvgIpc) is 2.63. The number of hydrogen-bond donors (Lipinski definition) is 2. The Morgan fingerprint density at radius 2 is 1.96 bits per heavy atom. The van der Waals surface area contributed by atoms with E-state index in [-0.39, 0.29) is 11.6 Å². The molecule has 5 nitrogen and oxygen atoms in total. The molecular formula is C20H21ClFN3O2. The third-order valence-electron chi connectivity index (χ3n) is 4.59. The molecule has 1 atom stereocenters. The van der Waals surface area contributed by atoms with Gasteiger partial charge < -0.3 is 15.5 Å². The van der Waals surface area contributed by atoms with Crippen LogP contribution in [0.1, 0.15) is 40.4 Å². The first-order valence-corrected chi connectivity index (χ1v) is 9.10. The highest BCUT2D eigenvalue weighted by Gasteiger charge is 2.22. The molecule has 0 unspecified atom stereocenters. The summed E-state index contributed by atoms with van der Waals surface area (Å²) in [5.41, 5.74) is 2.46. The van der Waals surface area contributed by atoms with E-state index in [2.05, 4.69) is 10.6 Å². The Morgan fingerprint density at radius 1 is 1.19 bits per heavy atom. The van der Waals surface area contributed by atoms with Gasteiger partial charge >= 0.3 is 6.03 Å². The molecule has 0 fully saturated rings. The van der Waals surface area contributed by atoms with Crippen LogP contribution in [0.5, 0.6) is 0 Å². The molecule has 7 heteroatoms. The van der Waals surface area contributed by atoms with Crippen LogP contribution in [0.2, 0.25) is 5.02 Å². The van der Waals surface area contributed by atoms with Crippen molar-refractivity contribution in [1.29, 1.82) is 0 Å². The summed E-state index contributed by atoms with van der Waals surface area (Å²) in [5.74, 6) is -1.09. The number of carbonyl (C=O) groups excluding carboxylic acids is 2. The second-order valence-electron chi connectivity index (χ2n) is 6.78. The highest BCUT2D eigenvalue weighted by molar-refractivity contribution is 6.30. The molecule has 1 aliphatic rings. The van der Waals surface area contributed by atoms with Crippen LogP contribution in [-0.2, 0) is 6.42 Å². The lowest BCUT2D eigenvalue weighted by Crippen LogP contribution is -2.34. The van der Waals surface area contributed by atoms with E-state index in [1.165, 1.54) is 28.7 Å². The van der Waals surface area contributed by atoms with Crippen LogP contribution in [0, 0.1) is 5.82 Å². The Balaban J connectivity index is 1.73. The zero-order valence-corrected chi connectivity index (χ0v) is 15.9. The van der Waals surface area contributed by atoms with Crippen LogP contribution in [0.15, 0.2) is 36.4 Å². The number of aryl methyl sites for hydroxylation is 1. The number of hydrogen-bond acceptors (Lipinski definition) is 2. The first kappa shape index (κ1) is 19.2. The number of amides is 3. The molecule has 0 bridgehead atoms. The molecule has 3 amide bonds. The zero-order chi connectivity index (χ0) is 19.6. The van der Waals surface area contributed by atoms with Gasteiger partial charge in [-0.05, 0) is 60.7 Å². The predicted molar refractivity (Wildman–Crippen MR) is 104 cm³/mol. The summed E-state index contributed by atoms with van der Waals surface area (Å²) in [7, 11) is 3.08. The number of rotatable bonds is 3. The normalized spacial score (nSPS) is 15.6. The van der Waals surface area contributed by atoms with E-state index in [0.717, 1.165) is 24.8 Å². The molecule has 2 N–H and O–H groups in total. The number of fused-ring (bicyclic) bond motifs is 1. The van der Waals surface area contributed by atoms with Crippen LogP contribution in [0.4, 0.5) is 14.9 Å². The first-order valence-electron chi connectivity index (χ1n) is 8.72. The van der Waals surface area contributed by atoms with E-state index in [4.69, 9.17) is 11.6 Å². The molecule has 142 valence electrons. The number of anilines is 1. The topological polar surface area (TPSA) is 61.4 Å². The first-order chi connectivity index (χ1) is 12.8. The van der Waals surface area contributed by atoms with Gasteiger partial charge in [0.15, 0.2) is 0 Å². The van der Waals surface area contributed by atoms with Crippen molar-refractivity contribution in [2.24, 2.45) is 0 Å². The fourth-order valence-electron chi connectivity index (χ4n) is 3.25. The molecule has 0 aromatic heterocycles. The summed E-state index contributed by atoms with van der Waals surface area (Å²) >= 11 is 6.10. The molecule has 0 heterocycles. The van der Waals surface area contributed by atoms with Crippen molar-refractivity contribution >= 4 is 29.2 Å². The number of halogens is 2. The minimum Gasteiger partial charge on any atom is -0.345 e. The van der Waals surface area contributed by atoms with Crippen LogP contribution < -0.4 is 10.6 Å². The average molecular weight is 390 g/mol. The maximum atomic E-state index is 13.9. The Labute approximate surface area is 162 Å². The SMILES string of the molecule is CN(C)C(=O)c1cc(NC(=O)N[C@@H]2CCCc3ccc(Cl)cc32)ccc1F.